The molecule has 0 saturated heterocycles. The Morgan fingerprint density at radius 3 is 2.60 bits per heavy atom. The molecular weight excluding hydrogens is 222 g/mol. The highest BCUT2D eigenvalue weighted by atomic mass is 32.2. The molecule has 0 aromatic heterocycles. The highest BCUT2D eigenvalue weighted by Gasteiger charge is 2.42. The van der Waals surface area contributed by atoms with E-state index < -0.39 is 21.3 Å². The summed E-state index contributed by atoms with van der Waals surface area (Å²) >= 11 is 0. The third kappa shape index (κ3) is 1.40. The van der Waals surface area contributed by atoms with Crippen LogP contribution in [0.2, 0.25) is 0 Å². The van der Waals surface area contributed by atoms with Gasteiger partial charge < -0.3 is 4.18 Å². The van der Waals surface area contributed by atoms with E-state index in [1.807, 2.05) is 0 Å². The van der Waals surface area contributed by atoms with Crippen molar-refractivity contribution in [2.24, 2.45) is 5.18 Å². The van der Waals surface area contributed by atoms with E-state index in [0.717, 1.165) is 0 Å². The van der Waals surface area contributed by atoms with E-state index in [9.17, 15) is 18.1 Å². The molecule has 0 radical (unpaired) electrons. The second kappa shape index (κ2) is 3.13. The first kappa shape index (κ1) is 9.78. The van der Waals surface area contributed by atoms with Crippen molar-refractivity contribution < 1.29 is 17.4 Å². The number of para-hydroxylation sites is 1. The number of carbonyl (C=O) groups excluding carboxylic acids is 1. The lowest BCUT2D eigenvalue weighted by Crippen LogP contribution is -2.36. The van der Waals surface area contributed by atoms with Gasteiger partial charge in [-0.1, -0.05) is 12.1 Å². The first-order valence-electron chi connectivity index (χ1n) is 3.95. The monoisotopic (exact) mass is 227 g/mol. The number of nitroso groups, excluding NO2 is 1. The molecule has 1 aromatic rings. The van der Waals surface area contributed by atoms with Crippen molar-refractivity contribution in [1.82, 2.24) is 0 Å². The van der Waals surface area contributed by atoms with Gasteiger partial charge in [0.1, 0.15) is 0 Å². The van der Waals surface area contributed by atoms with Crippen molar-refractivity contribution in [2.75, 3.05) is 0 Å². The molecule has 1 heterocycles. The van der Waals surface area contributed by atoms with Crippen LogP contribution in [0.15, 0.2) is 29.4 Å². The number of hydrogen-bond donors (Lipinski definition) is 0. The summed E-state index contributed by atoms with van der Waals surface area (Å²) in [5, 5.41) is 0.275. The molecule has 1 aliphatic heterocycles. The number of rotatable bonds is 1. The van der Waals surface area contributed by atoms with E-state index in [-0.39, 0.29) is 11.3 Å². The Labute approximate surface area is 85.0 Å². The lowest BCUT2D eigenvalue weighted by molar-refractivity contribution is 0.0978. The molecule has 0 fully saturated rings. The van der Waals surface area contributed by atoms with Crippen LogP contribution >= 0.6 is 0 Å². The summed E-state index contributed by atoms with van der Waals surface area (Å²) in [7, 11) is -4.26. The molecule has 1 unspecified atom stereocenters. The molecule has 78 valence electrons. The fourth-order valence-corrected chi connectivity index (χ4v) is 2.26. The van der Waals surface area contributed by atoms with Crippen LogP contribution in [0.1, 0.15) is 10.4 Å². The molecular formula is C8H5NO5S. The molecule has 1 atom stereocenters. The van der Waals surface area contributed by atoms with Gasteiger partial charge in [-0.25, -0.2) is 0 Å². The molecule has 0 saturated carbocycles. The first-order chi connectivity index (χ1) is 7.06. The Morgan fingerprint density at radius 2 is 1.93 bits per heavy atom. The van der Waals surface area contributed by atoms with Crippen LogP contribution in [0.25, 0.3) is 0 Å². The van der Waals surface area contributed by atoms with Crippen LogP contribution in [-0.4, -0.2) is 19.6 Å². The van der Waals surface area contributed by atoms with Crippen LogP contribution in [-0.2, 0) is 10.1 Å². The second-order valence-electron chi connectivity index (χ2n) is 2.89. The Kier molecular flexibility index (Phi) is 2.04. The summed E-state index contributed by atoms with van der Waals surface area (Å²) in [6, 6.07) is 5.78. The summed E-state index contributed by atoms with van der Waals surface area (Å²) in [5.41, 5.74) is 0.0527. The lowest BCUT2D eigenvalue weighted by Gasteiger charge is -2.18. The third-order valence-electron chi connectivity index (χ3n) is 1.95. The smallest absolute Gasteiger partial charge is 0.344 e. The fourth-order valence-electron chi connectivity index (χ4n) is 1.28. The average Bonchev–Trinajstić information content (AvgIpc) is 2.17. The third-order valence-corrected chi connectivity index (χ3v) is 3.21. The molecule has 6 nitrogen and oxygen atoms in total. The van der Waals surface area contributed by atoms with Gasteiger partial charge in [-0.3, -0.25) is 4.79 Å². The number of hydrogen-bond acceptors (Lipinski definition) is 6. The molecule has 2 rings (SSSR count). The topological polar surface area (TPSA) is 89.9 Å². The number of fused-ring (bicyclic) bond motifs is 1. The maximum atomic E-state index is 11.5. The molecule has 1 aromatic carbocycles. The van der Waals surface area contributed by atoms with Gasteiger partial charge in [-0.05, 0) is 17.3 Å². The largest absolute Gasteiger partial charge is 0.380 e. The van der Waals surface area contributed by atoms with Gasteiger partial charge in [-0.2, -0.15) is 8.42 Å². The summed E-state index contributed by atoms with van der Waals surface area (Å²) in [6.07, 6.45) is 0. The Morgan fingerprint density at radius 1 is 1.27 bits per heavy atom. The first-order valence-corrected chi connectivity index (χ1v) is 5.42. The zero-order chi connectivity index (χ0) is 11.1. The maximum Gasteiger partial charge on any atom is 0.344 e. The predicted octanol–water partition coefficient (Wildman–Crippen LogP) is 0.684. The highest BCUT2D eigenvalue weighted by Crippen LogP contribution is 2.29. The Balaban J connectivity index is 2.66. The molecule has 0 amide bonds. The van der Waals surface area contributed by atoms with Gasteiger partial charge in [0.25, 0.3) is 5.37 Å². The standard InChI is InChI=1S/C8H5NO5S/c10-7-5-3-1-2-4-6(5)14-15(12,13)8(7)9-11/h1-4,8H. The van der Waals surface area contributed by atoms with E-state index in [2.05, 4.69) is 9.36 Å². The van der Waals surface area contributed by atoms with Crippen molar-refractivity contribution in [1.29, 1.82) is 0 Å². The summed E-state index contributed by atoms with van der Waals surface area (Å²) in [5.74, 6) is -0.922. The van der Waals surface area contributed by atoms with Crippen molar-refractivity contribution in [3.8, 4) is 5.75 Å². The second-order valence-corrected chi connectivity index (χ2v) is 4.49. The number of Topliss-reactive ketones (excluding diaryl/α,β-unsaturated/α-hetero) is 1. The number of ketones is 1. The lowest BCUT2D eigenvalue weighted by atomic mass is 10.1. The van der Waals surface area contributed by atoms with Gasteiger partial charge in [0, 0.05) is 0 Å². The maximum absolute atomic E-state index is 11.5. The summed E-state index contributed by atoms with van der Waals surface area (Å²) < 4.78 is 27.0. The fraction of sp³-hybridized carbons (Fsp3) is 0.125. The van der Waals surface area contributed by atoms with Crippen LogP contribution in [0.5, 0.6) is 5.75 Å². The number of carbonyl (C=O) groups is 1. The zero-order valence-electron chi connectivity index (χ0n) is 7.28. The van der Waals surface area contributed by atoms with E-state index in [1.165, 1.54) is 18.2 Å². The van der Waals surface area contributed by atoms with Gasteiger partial charge in [-0.15, -0.1) is 4.91 Å². The van der Waals surface area contributed by atoms with E-state index >= 15 is 0 Å². The quantitative estimate of drug-likeness (QED) is 0.520. The molecule has 7 heteroatoms. The average molecular weight is 227 g/mol. The van der Waals surface area contributed by atoms with E-state index in [4.69, 9.17) is 0 Å². The SMILES string of the molecule is O=NC1C(=O)c2ccccc2OS1(=O)=O. The van der Waals surface area contributed by atoms with E-state index in [1.54, 1.807) is 6.07 Å². The van der Waals surface area contributed by atoms with Crippen molar-refractivity contribution in [2.45, 2.75) is 5.37 Å². The van der Waals surface area contributed by atoms with Crippen molar-refractivity contribution >= 4 is 15.9 Å². The van der Waals surface area contributed by atoms with Gasteiger partial charge in [0.05, 0.1) is 5.56 Å². The van der Waals surface area contributed by atoms with Crippen LogP contribution in [0, 0.1) is 4.91 Å². The minimum Gasteiger partial charge on any atom is -0.380 e. The Bertz CT molecular complexity index is 536. The van der Waals surface area contributed by atoms with Gasteiger partial charge in [0.15, 0.2) is 5.75 Å². The molecule has 15 heavy (non-hydrogen) atoms. The number of nitrogens with zero attached hydrogens (tertiary/aromatic N) is 1. The summed E-state index contributed by atoms with van der Waals surface area (Å²) in [6.45, 7) is 0. The van der Waals surface area contributed by atoms with Crippen molar-refractivity contribution in [3.05, 3.63) is 34.7 Å². The van der Waals surface area contributed by atoms with Crippen LogP contribution in [0.4, 0.5) is 0 Å². The minimum atomic E-state index is -4.26. The Hall–Kier alpha value is -1.76. The normalized spacial score (nSPS) is 22.7. The minimum absolute atomic E-state index is 0.0527. The molecule has 0 aliphatic carbocycles. The summed E-state index contributed by atoms with van der Waals surface area (Å²) in [4.78, 5) is 21.8. The molecule has 1 aliphatic rings. The van der Waals surface area contributed by atoms with Crippen molar-refractivity contribution in [3.63, 3.8) is 0 Å². The van der Waals surface area contributed by atoms with E-state index in [0.29, 0.717) is 0 Å². The molecule has 0 bridgehead atoms. The highest BCUT2D eigenvalue weighted by molar-refractivity contribution is 7.88. The zero-order valence-corrected chi connectivity index (χ0v) is 8.10. The van der Waals surface area contributed by atoms with Gasteiger partial charge in [0.2, 0.25) is 5.78 Å². The van der Waals surface area contributed by atoms with Crippen LogP contribution < -0.4 is 4.18 Å². The molecule has 0 spiro atoms. The van der Waals surface area contributed by atoms with Crippen LogP contribution in [0.3, 0.4) is 0 Å². The number of benzene rings is 1. The van der Waals surface area contributed by atoms with Gasteiger partial charge >= 0.3 is 10.1 Å². The molecule has 0 N–H and O–H groups in total. The predicted molar refractivity (Wildman–Crippen MR) is 49.9 cm³/mol.